The van der Waals surface area contributed by atoms with Crippen molar-refractivity contribution in [2.45, 2.75) is 17.9 Å². The fourth-order valence-corrected chi connectivity index (χ4v) is 2.00. The van der Waals surface area contributed by atoms with Crippen LogP contribution in [0.2, 0.25) is 0 Å². The van der Waals surface area contributed by atoms with Crippen molar-refractivity contribution in [3.8, 4) is 5.82 Å². The second kappa shape index (κ2) is 4.51. The molecular weight excluding hydrogens is 252 g/mol. The van der Waals surface area contributed by atoms with Gasteiger partial charge in [-0.3, -0.25) is 0 Å². The van der Waals surface area contributed by atoms with E-state index in [0.717, 1.165) is 11.8 Å². The Kier molecular flexibility index (Phi) is 3.18. The van der Waals surface area contributed by atoms with Crippen molar-refractivity contribution >= 4 is 9.84 Å². The molecule has 0 aliphatic heterocycles. The third-order valence-electron chi connectivity index (χ3n) is 2.52. The molecule has 18 heavy (non-hydrogen) atoms. The predicted molar refractivity (Wildman–Crippen MR) is 67.1 cm³/mol. The van der Waals surface area contributed by atoms with Gasteiger partial charge in [0, 0.05) is 18.5 Å². The summed E-state index contributed by atoms with van der Waals surface area (Å²) >= 11 is 0. The molecular formula is C11H14N4O2S. The monoisotopic (exact) mass is 266 g/mol. The van der Waals surface area contributed by atoms with E-state index in [1.807, 2.05) is 13.0 Å². The van der Waals surface area contributed by atoms with E-state index in [2.05, 4.69) is 10.1 Å². The van der Waals surface area contributed by atoms with Crippen LogP contribution in [0.15, 0.2) is 35.6 Å². The molecule has 2 aromatic rings. The van der Waals surface area contributed by atoms with E-state index in [1.165, 1.54) is 17.1 Å². The van der Waals surface area contributed by atoms with Gasteiger partial charge in [0.25, 0.3) is 0 Å². The molecule has 0 fully saturated rings. The first-order valence-corrected chi connectivity index (χ1v) is 7.23. The molecule has 0 amide bonds. The van der Waals surface area contributed by atoms with Crippen molar-refractivity contribution in [2.24, 2.45) is 5.73 Å². The first kappa shape index (κ1) is 12.7. The molecule has 6 nitrogen and oxygen atoms in total. The minimum Gasteiger partial charge on any atom is -0.324 e. The van der Waals surface area contributed by atoms with Gasteiger partial charge < -0.3 is 5.73 Å². The summed E-state index contributed by atoms with van der Waals surface area (Å²) in [6, 6.07) is 3.48. The first-order valence-electron chi connectivity index (χ1n) is 5.34. The molecule has 0 saturated carbocycles. The number of hydrogen-bond acceptors (Lipinski definition) is 5. The molecule has 0 saturated heterocycles. The largest absolute Gasteiger partial charge is 0.324 e. The maximum Gasteiger partial charge on any atom is 0.178 e. The number of aromatic nitrogens is 3. The van der Waals surface area contributed by atoms with E-state index in [0.29, 0.717) is 5.82 Å². The first-order chi connectivity index (χ1) is 8.38. The number of rotatable bonds is 3. The molecule has 0 spiro atoms. The molecule has 2 N–H and O–H groups in total. The molecule has 2 heterocycles. The van der Waals surface area contributed by atoms with Crippen molar-refractivity contribution in [2.75, 3.05) is 6.26 Å². The summed E-state index contributed by atoms with van der Waals surface area (Å²) in [6.07, 6.45) is 5.49. The Bertz CT molecular complexity index is 661. The highest BCUT2D eigenvalue weighted by molar-refractivity contribution is 7.90. The van der Waals surface area contributed by atoms with Gasteiger partial charge >= 0.3 is 0 Å². The van der Waals surface area contributed by atoms with Gasteiger partial charge in [-0.05, 0) is 24.6 Å². The fraction of sp³-hybridized carbons (Fsp3) is 0.273. The molecule has 96 valence electrons. The van der Waals surface area contributed by atoms with E-state index in [1.54, 1.807) is 12.3 Å². The van der Waals surface area contributed by atoms with Crippen LogP contribution in [0.25, 0.3) is 5.82 Å². The Hall–Kier alpha value is -1.73. The van der Waals surface area contributed by atoms with Crippen LogP contribution in [0.1, 0.15) is 18.5 Å². The molecule has 0 aliphatic rings. The van der Waals surface area contributed by atoms with Crippen LogP contribution in [0.5, 0.6) is 0 Å². The highest BCUT2D eigenvalue weighted by Gasteiger charge is 2.11. The predicted octanol–water partition coefficient (Wildman–Crippen LogP) is 0.691. The lowest BCUT2D eigenvalue weighted by atomic mass is 10.1. The zero-order chi connectivity index (χ0) is 13.3. The molecule has 0 bridgehead atoms. The Labute approximate surface area is 105 Å². The summed E-state index contributed by atoms with van der Waals surface area (Å²) in [6.45, 7) is 1.87. The lowest BCUT2D eigenvalue weighted by Gasteiger charge is -2.07. The summed E-state index contributed by atoms with van der Waals surface area (Å²) in [5.41, 5.74) is 6.70. The number of sulfone groups is 1. The number of nitrogens with two attached hydrogens (primary N) is 1. The van der Waals surface area contributed by atoms with Gasteiger partial charge in [-0.25, -0.2) is 18.1 Å². The second-order valence-corrected chi connectivity index (χ2v) is 6.14. The Morgan fingerprint density at radius 3 is 2.72 bits per heavy atom. The Morgan fingerprint density at radius 1 is 1.44 bits per heavy atom. The summed E-state index contributed by atoms with van der Waals surface area (Å²) in [5.74, 6) is 0.541. The van der Waals surface area contributed by atoms with Crippen molar-refractivity contribution in [3.05, 3.63) is 36.3 Å². The van der Waals surface area contributed by atoms with E-state index >= 15 is 0 Å². The molecule has 2 rings (SSSR count). The van der Waals surface area contributed by atoms with Crippen molar-refractivity contribution in [1.29, 1.82) is 0 Å². The molecule has 0 unspecified atom stereocenters. The van der Waals surface area contributed by atoms with Gasteiger partial charge in [-0.2, -0.15) is 5.10 Å². The molecule has 0 aliphatic carbocycles. The topological polar surface area (TPSA) is 90.9 Å². The van der Waals surface area contributed by atoms with Crippen LogP contribution in [0.3, 0.4) is 0 Å². The van der Waals surface area contributed by atoms with E-state index in [-0.39, 0.29) is 10.9 Å². The summed E-state index contributed by atoms with van der Waals surface area (Å²) in [7, 11) is -3.25. The van der Waals surface area contributed by atoms with Crippen LogP contribution >= 0.6 is 0 Å². The number of pyridine rings is 1. The smallest absolute Gasteiger partial charge is 0.178 e. The van der Waals surface area contributed by atoms with Crippen molar-refractivity contribution < 1.29 is 8.42 Å². The maximum atomic E-state index is 11.4. The summed E-state index contributed by atoms with van der Waals surface area (Å²) in [4.78, 5) is 4.30. The minimum absolute atomic E-state index is 0.114. The van der Waals surface area contributed by atoms with Crippen LogP contribution in [-0.2, 0) is 9.84 Å². The quantitative estimate of drug-likeness (QED) is 0.882. The van der Waals surface area contributed by atoms with Gasteiger partial charge in [0.15, 0.2) is 15.7 Å². The van der Waals surface area contributed by atoms with Gasteiger partial charge in [0.2, 0.25) is 0 Å². The van der Waals surface area contributed by atoms with Crippen LogP contribution in [0, 0.1) is 0 Å². The van der Waals surface area contributed by atoms with Gasteiger partial charge in [-0.15, -0.1) is 0 Å². The third kappa shape index (κ3) is 2.57. The standard InChI is InChI=1S/C11H14N4O2S/c1-8(12)9-3-4-13-11(5-9)15-7-10(6-14-15)18(2,16)17/h3-8H,12H2,1-2H3/t8-/m0/s1. The number of hydrogen-bond donors (Lipinski definition) is 1. The molecule has 0 aromatic carbocycles. The molecule has 2 aromatic heterocycles. The van der Waals surface area contributed by atoms with Crippen LogP contribution < -0.4 is 5.73 Å². The maximum absolute atomic E-state index is 11.4. The highest BCUT2D eigenvalue weighted by Crippen LogP contribution is 2.14. The van der Waals surface area contributed by atoms with Crippen LogP contribution in [-0.4, -0.2) is 29.4 Å². The summed E-state index contributed by atoms with van der Waals surface area (Å²) in [5, 5.41) is 3.99. The van der Waals surface area contributed by atoms with Crippen molar-refractivity contribution in [1.82, 2.24) is 14.8 Å². The second-order valence-electron chi connectivity index (χ2n) is 4.13. The van der Waals surface area contributed by atoms with Crippen molar-refractivity contribution in [3.63, 3.8) is 0 Å². The SMILES string of the molecule is C[C@H](N)c1ccnc(-n2cc(S(C)(=O)=O)cn2)c1. The highest BCUT2D eigenvalue weighted by atomic mass is 32.2. The summed E-state index contributed by atoms with van der Waals surface area (Å²) < 4.78 is 24.1. The Morgan fingerprint density at radius 2 is 2.17 bits per heavy atom. The Balaban J connectivity index is 2.43. The van der Waals surface area contributed by atoms with E-state index < -0.39 is 9.84 Å². The van der Waals surface area contributed by atoms with Gasteiger partial charge in [0.1, 0.15) is 4.90 Å². The van der Waals surface area contributed by atoms with E-state index in [9.17, 15) is 8.42 Å². The van der Waals surface area contributed by atoms with Crippen LogP contribution in [0.4, 0.5) is 0 Å². The third-order valence-corrected chi connectivity index (χ3v) is 3.58. The minimum atomic E-state index is -3.25. The van der Waals surface area contributed by atoms with Gasteiger partial charge in [0.05, 0.1) is 12.4 Å². The molecule has 1 atom stereocenters. The zero-order valence-electron chi connectivity index (χ0n) is 10.1. The lowest BCUT2D eigenvalue weighted by Crippen LogP contribution is -2.07. The normalized spacial score (nSPS) is 13.5. The lowest BCUT2D eigenvalue weighted by molar-refractivity contribution is 0.602. The molecule has 7 heteroatoms. The average Bonchev–Trinajstić information content (AvgIpc) is 2.78. The molecule has 0 radical (unpaired) electrons. The number of nitrogens with zero attached hydrogens (tertiary/aromatic N) is 3. The zero-order valence-corrected chi connectivity index (χ0v) is 10.9. The fourth-order valence-electron chi connectivity index (χ4n) is 1.47. The van der Waals surface area contributed by atoms with Gasteiger partial charge in [-0.1, -0.05) is 0 Å². The van der Waals surface area contributed by atoms with E-state index in [4.69, 9.17) is 5.73 Å². The average molecular weight is 266 g/mol.